The Labute approximate surface area is 103 Å². The molecular formula is C10H14N4O2S. The van der Waals surface area contributed by atoms with Gasteiger partial charge in [0.1, 0.15) is 5.01 Å². The van der Waals surface area contributed by atoms with Gasteiger partial charge in [-0.1, -0.05) is 25.2 Å². The zero-order valence-corrected chi connectivity index (χ0v) is 10.7. The molecule has 2 rings (SSSR count). The molecule has 0 spiro atoms. The highest BCUT2D eigenvalue weighted by atomic mass is 32.1. The van der Waals surface area contributed by atoms with E-state index in [9.17, 15) is 9.59 Å². The van der Waals surface area contributed by atoms with Crippen LogP contribution in [0.4, 0.5) is 5.13 Å². The number of aromatic nitrogens is 2. The summed E-state index contributed by atoms with van der Waals surface area (Å²) in [5.41, 5.74) is 0. The minimum atomic E-state index is -0.237. The van der Waals surface area contributed by atoms with Gasteiger partial charge in [-0.05, 0) is 0 Å². The van der Waals surface area contributed by atoms with Crippen LogP contribution in [0.15, 0.2) is 0 Å². The van der Waals surface area contributed by atoms with E-state index in [0.29, 0.717) is 10.1 Å². The second-order valence-corrected chi connectivity index (χ2v) is 5.15. The SMILES string of the molecule is CNc1nnc(CN2C(=O)C(C)C(C)C2=O)s1. The van der Waals surface area contributed by atoms with Gasteiger partial charge in [0.05, 0.1) is 6.54 Å². The molecular weight excluding hydrogens is 240 g/mol. The molecule has 0 saturated carbocycles. The summed E-state index contributed by atoms with van der Waals surface area (Å²) in [5, 5.41) is 12.0. The number of nitrogens with one attached hydrogen (secondary N) is 1. The van der Waals surface area contributed by atoms with Crippen LogP contribution in [0, 0.1) is 11.8 Å². The monoisotopic (exact) mass is 254 g/mol. The van der Waals surface area contributed by atoms with Gasteiger partial charge >= 0.3 is 0 Å². The van der Waals surface area contributed by atoms with Crippen molar-refractivity contribution in [2.45, 2.75) is 20.4 Å². The first-order chi connectivity index (χ1) is 8.04. The molecule has 2 unspecified atom stereocenters. The van der Waals surface area contributed by atoms with Crippen molar-refractivity contribution in [1.29, 1.82) is 0 Å². The maximum Gasteiger partial charge on any atom is 0.233 e. The Morgan fingerprint density at radius 3 is 2.29 bits per heavy atom. The third-order valence-electron chi connectivity index (χ3n) is 3.04. The van der Waals surface area contributed by atoms with E-state index in [4.69, 9.17) is 0 Å². The Morgan fingerprint density at radius 1 is 1.24 bits per heavy atom. The van der Waals surface area contributed by atoms with Crippen LogP contribution >= 0.6 is 11.3 Å². The molecule has 0 aromatic carbocycles. The summed E-state index contributed by atoms with van der Waals surface area (Å²) in [5.74, 6) is -0.717. The number of carbonyl (C=O) groups is 2. The number of nitrogens with zero attached hydrogens (tertiary/aromatic N) is 3. The summed E-state index contributed by atoms with van der Waals surface area (Å²) in [4.78, 5) is 25.0. The zero-order valence-electron chi connectivity index (χ0n) is 9.93. The van der Waals surface area contributed by atoms with Crippen LogP contribution in [0.2, 0.25) is 0 Å². The first kappa shape index (κ1) is 12.0. The van der Waals surface area contributed by atoms with Crippen molar-refractivity contribution in [3.63, 3.8) is 0 Å². The molecule has 0 bridgehead atoms. The van der Waals surface area contributed by atoms with E-state index in [1.165, 1.54) is 16.2 Å². The van der Waals surface area contributed by atoms with Gasteiger partial charge < -0.3 is 5.32 Å². The van der Waals surface area contributed by atoms with Gasteiger partial charge in [0, 0.05) is 18.9 Å². The number of carbonyl (C=O) groups excluding carboxylic acids is 2. The maximum absolute atomic E-state index is 11.9. The summed E-state index contributed by atoms with van der Waals surface area (Å²) in [6, 6.07) is 0. The fourth-order valence-corrected chi connectivity index (χ4v) is 2.42. The number of imide groups is 1. The fraction of sp³-hybridized carbons (Fsp3) is 0.600. The van der Waals surface area contributed by atoms with E-state index in [1.807, 2.05) is 0 Å². The molecule has 1 N–H and O–H groups in total. The van der Waals surface area contributed by atoms with Crippen LogP contribution in [0.1, 0.15) is 18.9 Å². The topological polar surface area (TPSA) is 75.2 Å². The lowest BCUT2D eigenvalue weighted by molar-refractivity contribution is -0.140. The third-order valence-corrected chi connectivity index (χ3v) is 3.96. The van der Waals surface area contributed by atoms with Crippen LogP contribution in [0.3, 0.4) is 0 Å². The van der Waals surface area contributed by atoms with E-state index in [1.54, 1.807) is 20.9 Å². The molecule has 7 heteroatoms. The molecule has 2 amide bonds. The maximum atomic E-state index is 11.9. The summed E-state index contributed by atoms with van der Waals surface area (Å²) in [7, 11) is 1.75. The average Bonchev–Trinajstić information content (AvgIpc) is 2.85. The number of hydrogen-bond acceptors (Lipinski definition) is 6. The molecule has 1 fully saturated rings. The van der Waals surface area contributed by atoms with Crippen molar-refractivity contribution in [1.82, 2.24) is 15.1 Å². The zero-order chi connectivity index (χ0) is 12.6. The minimum absolute atomic E-state index is 0.122. The number of amides is 2. The van der Waals surface area contributed by atoms with Crippen molar-refractivity contribution in [2.75, 3.05) is 12.4 Å². The number of hydrogen-bond donors (Lipinski definition) is 1. The molecule has 2 heterocycles. The molecule has 1 aliphatic rings. The standard InChI is InChI=1S/C10H14N4O2S/c1-5-6(2)9(16)14(8(5)15)4-7-12-13-10(11-3)17-7/h5-6H,4H2,1-3H3,(H,11,13). The van der Waals surface area contributed by atoms with Crippen LogP contribution in [0.5, 0.6) is 0 Å². The molecule has 6 nitrogen and oxygen atoms in total. The lowest BCUT2D eigenvalue weighted by Gasteiger charge is -2.11. The Hall–Kier alpha value is -1.50. The Kier molecular flexibility index (Phi) is 3.10. The fourth-order valence-electron chi connectivity index (χ4n) is 1.74. The molecule has 92 valence electrons. The van der Waals surface area contributed by atoms with Gasteiger partial charge in [-0.2, -0.15) is 0 Å². The highest BCUT2D eigenvalue weighted by molar-refractivity contribution is 7.15. The van der Waals surface area contributed by atoms with Gasteiger partial charge in [0.25, 0.3) is 0 Å². The summed E-state index contributed by atoms with van der Waals surface area (Å²) >= 11 is 1.35. The highest BCUT2D eigenvalue weighted by Gasteiger charge is 2.42. The number of likely N-dealkylation sites (tertiary alicyclic amines) is 1. The smallest absolute Gasteiger partial charge is 0.233 e. The molecule has 1 aromatic rings. The number of rotatable bonds is 3. The predicted molar refractivity (Wildman–Crippen MR) is 63.3 cm³/mol. The van der Waals surface area contributed by atoms with Crippen LogP contribution in [-0.2, 0) is 16.1 Å². The molecule has 0 radical (unpaired) electrons. The first-order valence-corrected chi connectivity index (χ1v) is 6.21. The minimum Gasteiger partial charge on any atom is -0.363 e. The Bertz CT molecular complexity index is 439. The second-order valence-electron chi connectivity index (χ2n) is 4.09. The van der Waals surface area contributed by atoms with E-state index in [0.717, 1.165) is 0 Å². The number of anilines is 1. The largest absolute Gasteiger partial charge is 0.363 e. The summed E-state index contributed by atoms with van der Waals surface area (Å²) in [6.07, 6.45) is 0. The van der Waals surface area contributed by atoms with Crippen molar-refractivity contribution < 1.29 is 9.59 Å². The summed E-state index contributed by atoms with van der Waals surface area (Å²) < 4.78 is 0. The van der Waals surface area contributed by atoms with E-state index >= 15 is 0 Å². The molecule has 17 heavy (non-hydrogen) atoms. The van der Waals surface area contributed by atoms with E-state index in [2.05, 4.69) is 15.5 Å². The van der Waals surface area contributed by atoms with Gasteiger partial charge in [-0.3, -0.25) is 14.5 Å². The van der Waals surface area contributed by atoms with Crippen LogP contribution < -0.4 is 5.32 Å². The second kappa shape index (κ2) is 4.40. The van der Waals surface area contributed by atoms with Gasteiger partial charge in [-0.15, -0.1) is 10.2 Å². The van der Waals surface area contributed by atoms with Crippen molar-refractivity contribution >= 4 is 28.3 Å². The van der Waals surface area contributed by atoms with Gasteiger partial charge in [-0.25, -0.2) is 0 Å². The van der Waals surface area contributed by atoms with Gasteiger partial charge in [0.2, 0.25) is 16.9 Å². The molecule has 1 saturated heterocycles. The van der Waals surface area contributed by atoms with Crippen molar-refractivity contribution in [2.24, 2.45) is 11.8 Å². The molecule has 2 atom stereocenters. The molecule has 0 aliphatic carbocycles. The molecule has 1 aromatic heterocycles. The van der Waals surface area contributed by atoms with Crippen molar-refractivity contribution in [3.05, 3.63) is 5.01 Å². The van der Waals surface area contributed by atoms with Gasteiger partial charge in [0.15, 0.2) is 0 Å². The molecule has 1 aliphatic heterocycles. The average molecular weight is 254 g/mol. The van der Waals surface area contributed by atoms with E-state index < -0.39 is 0 Å². The van der Waals surface area contributed by atoms with Crippen LogP contribution in [-0.4, -0.2) is 34.0 Å². The predicted octanol–water partition coefficient (Wildman–Crippen LogP) is 0.721. The lowest BCUT2D eigenvalue weighted by atomic mass is 10.00. The van der Waals surface area contributed by atoms with Crippen molar-refractivity contribution in [3.8, 4) is 0 Å². The third kappa shape index (κ3) is 2.02. The Morgan fingerprint density at radius 2 is 1.82 bits per heavy atom. The normalized spacial score (nSPS) is 24.5. The lowest BCUT2D eigenvalue weighted by Crippen LogP contribution is -2.30. The highest BCUT2D eigenvalue weighted by Crippen LogP contribution is 2.27. The van der Waals surface area contributed by atoms with E-state index in [-0.39, 0.29) is 30.2 Å². The Balaban J connectivity index is 2.13. The summed E-state index contributed by atoms with van der Waals surface area (Å²) in [6.45, 7) is 3.79. The first-order valence-electron chi connectivity index (χ1n) is 5.40. The quantitative estimate of drug-likeness (QED) is 0.804. The van der Waals surface area contributed by atoms with Crippen LogP contribution in [0.25, 0.3) is 0 Å².